The Hall–Kier alpha value is -3.88. The Morgan fingerprint density at radius 3 is 2.36 bits per heavy atom. The largest absolute Gasteiger partial charge is 0.321 e. The normalized spacial score (nSPS) is 15.7. The van der Waals surface area contributed by atoms with Crippen molar-refractivity contribution in [2.75, 3.05) is 12.4 Å². The molecule has 1 heterocycles. The second-order valence-electron chi connectivity index (χ2n) is 8.01. The third-order valence-electron chi connectivity index (χ3n) is 5.42. The molecular formula is C27H22ClN3O4S. The minimum atomic E-state index is -0.516. The highest BCUT2D eigenvalue weighted by Crippen LogP contribution is 2.31. The van der Waals surface area contributed by atoms with Gasteiger partial charge >= 0.3 is 0 Å². The summed E-state index contributed by atoms with van der Waals surface area (Å²) >= 11 is 7.38. The molecule has 0 saturated carbocycles. The molecule has 36 heavy (non-hydrogen) atoms. The molecule has 3 aromatic carbocycles. The van der Waals surface area contributed by atoms with Gasteiger partial charge in [0.05, 0.1) is 5.25 Å². The summed E-state index contributed by atoms with van der Waals surface area (Å²) in [5, 5.41) is 5.51. The van der Waals surface area contributed by atoms with Gasteiger partial charge in [0.1, 0.15) is 5.70 Å². The van der Waals surface area contributed by atoms with Gasteiger partial charge in [-0.1, -0.05) is 41.9 Å². The lowest BCUT2D eigenvalue weighted by atomic mass is 10.1. The zero-order valence-electron chi connectivity index (χ0n) is 19.2. The van der Waals surface area contributed by atoms with E-state index in [4.69, 9.17) is 11.6 Å². The van der Waals surface area contributed by atoms with Gasteiger partial charge in [0, 0.05) is 34.6 Å². The van der Waals surface area contributed by atoms with Crippen LogP contribution >= 0.6 is 23.4 Å². The van der Waals surface area contributed by atoms with Crippen molar-refractivity contribution in [3.05, 3.63) is 101 Å². The van der Waals surface area contributed by atoms with E-state index in [0.29, 0.717) is 21.8 Å². The van der Waals surface area contributed by atoms with Crippen molar-refractivity contribution in [3.63, 3.8) is 0 Å². The fraction of sp³-hybridized carbons (Fsp3) is 0.111. The first-order chi connectivity index (χ1) is 17.3. The van der Waals surface area contributed by atoms with Crippen LogP contribution in [0.2, 0.25) is 5.02 Å². The molecule has 0 radical (unpaired) electrons. The summed E-state index contributed by atoms with van der Waals surface area (Å²) in [7, 11) is 1.48. The Bertz CT molecular complexity index is 1340. The molecule has 7 nitrogen and oxygen atoms in total. The van der Waals surface area contributed by atoms with Gasteiger partial charge in [-0.3, -0.25) is 24.1 Å². The Balaban J connectivity index is 1.49. The van der Waals surface area contributed by atoms with Crippen LogP contribution in [-0.4, -0.2) is 40.8 Å². The summed E-state index contributed by atoms with van der Waals surface area (Å²) in [6, 6.07) is 22.4. The number of anilines is 1. The summed E-state index contributed by atoms with van der Waals surface area (Å²) in [6.45, 7) is 0. The molecule has 1 saturated heterocycles. The van der Waals surface area contributed by atoms with Gasteiger partial charge in [0.2, 0.25) is 11.8 Å². The molecule has 3 aromatic rings. The molecule has 1 aliphatic rings. The van der Waals surface area contributed by atoms with Crippen molar-refractivity contribution in [2.24, 2.45) is 0 Å². The highest BCUT2D eigenvalue weighted by Gasteiger charge is 2.36. The number of halogens is 1. The first-order valence-electron chi connectivity index (χ1n) is 11.0. The second-order valence-corrected chi connectivity index (χ2v) is 9.73. The summed E-state index contributed by atoms with van der Waals surface area (Å²) in [5.74, 6) is -1.35. The smallest absolute Gasteiger partial charge is 0.272 e. The molecule has 9 heteroatoms. The number of carbonyl (C=O) groups is 4. The number of hydrogen-bond acceptors (Lipinski definition) is 5. The fourth-order valence-corrected chi connectivity index (χ4v) is 4.80. The summed E-state index contributed by atoms with van der Waals surface area (Å²) < 4.78 is 0. The Morgan fingerprint density at radius 1 is 1.00 bits per heavy atom. The van der Waals surface area contributed by atoms with E-state index < -0.39 is 17.1 Å². The number of thioether (sulfide) groups is 1. The lowest BCUT2D eigenvalue weighted by Gasteiger charge is -2.12. The second kappa shape index (κ2) is 11.2. The molecule has 182 valence electrons. The van der Waals surface area contributed by atoms with E-state index in [0.717, 1.165) is 9.80 Å². The number of benzene rings is 3. The van der Waals surface area contributed by atoms with Crippen LogP contribution in [0.3, 0.4) is 0 Å². The van der Waals surface area contributed by atoms with Gasteiger partial charge in [0.15, 0.2) is 0 Å². The molecule has 1 atom stereocenters. The minimum absolute atomic E-state index is 0.0441. The topological polar surface area (TPSA) is 95.6 Å². The van der Waals surface area contributed by atoms with Crippen molar-refractivity contribution in [1.82, 2.24) is 10.2 Å². The minimum Gasteiger partial charge on any atom is -0.321 e. The van der Waals surface area contributed by atoms with Crippen LogP contribution in [0.25, 0.3) is 6.08 Å². The summed E-state index contributed by atoms with van der Waals surface area (Å²) in [6.07, 6.45) is 1.71. The number of amides is 4. The molecule has 2 N–H and O–H groups in total. The van der Waals surface area contributed by atoms with Gasteiger partial charge < -0.3 is 10.6 Å². The molecule has 1 unspecified atom stereocenters. The van der Waals surface area contributed by atoms with Crippen LogP contribution in [-0.2, 0) is 14.4 Å². The van der Waals surface area contributed by atoms with Crippen LogP contribution in [0.15, 0.2) is 89.5 Å². The lowest BCUT2D eigenvalue weighted by Crippen LogP contribution is -2.30. The van der Waals surface area contributed by atoms with Crippen molar-refractivity contribution in [3.8, 4) is 0 Å². The van der Waals surface area contributed by atoms with E-state index in [1.54, 1.807) is 84.9 Å². The van der Waals surface area contributed by atoms with Crippen LogP contribution < -0.4 is 10.6 Å². The predicted octanol–water partition coefficient (Wildman–Crippen LogP) is 4.60. The molecule has 1 aliphatic heterocycles. The monoisotopic (exact) mass is 519 g/mol. The zero-order valence-corrected chi connectivity index (χ0v) is 20.8. The summed E-state index contributed by atoms with van der Waals surface area (Å²) in [4.78, 5) is 51.7. The average Bonchev–Trinajstić information content (AvgIpc) is 3.11. The molecule has 0 spiro atoms. The van der Waals surface area contributed by atoms with Crippen LogP contribution in [0.5, 0.6) is 0 Å². The quantitative estimate of drug-likeness (QED) is 0.351. The predicted molar refractivity (Wildman–Crippen MR) is 140 cm³/mol. The molecule has 4 amide bonds. The number of likely N-dealkylation sites (tertiary alicyclic amines) is 1. The van der Waals surface area contributed by atoms with Gasteiger partial charge in [-0.25, -0.2) is 0 Å². The zero-order chi connectivity index (χ0) is 25.7. The van der Waals surface area contributed by atoms with Gasteiger partial charge in [-0.2, -0.15) is 0 Å². The Morgan fingerprint density at radius 2 is 1.72 bits per heavy atom. The van der Waals surface area contributed by atoms with E-state index in [9.17, 15) is 19.2 Å². The van der Waals surface area contributed by atoms with Gasteiger partial charge in [-0.15, -0.1) is 11.8 Å². The molecular weight excluding hydrogens is 498 g/mol. The SMILES string of the molecule is CN1C(=O)CC(Sc2ccc(NC(=O)/C(=C/c3cccc(Cl)c3)NC(=O)c3ccccc3)cc2)C1=O. The number of nitrogens with zero attached hydrogens (tertiary/aromatic N) is 1. The lowest BCUT2D eigenvalue weighted by molar-refractivity contribution is -0.136. The first-order valence-corrected chi connectivity index (χ1v) is 12.3. The third-order valence-corrected chi connectivity index (χ3v) is 6.85. The number of carbonyl (C=O) groups excluding carboxylic acids is 4. The maximum Gasteiger partial charge on any atom is 0.272 e. The fourth-order valence-electron chi connectivity index (χ4n) is 3.50. The highest BCUT2D eigenvalue weighted by molar-refractivity contribution is 8.00. The maximum atomic E-state index is 13.1. The number of nitrogens with one attached hydrogen (secondary N) is 2. The Kier molecular flexibility index (Phi) is 7.87. The van der Waals surface area contributed by atoms with Gasteiger partial charge in [0.25, 0.3) is 11.8 Å². The standard InChI is InChI=1S/C27H22ClN3O4S/c1-31-24(32)16-23(27(31)35)36-21-12-10-20(11-13-21)29-26(34)22(15-17-6-5-9-19(28)14-17)30-25(33)18-7-3-2-4-8-18/h2-15,23H,16H2,1H3,(H,29,34)(H,30,33)/b22-15-. The summed E-state index contributed by atoms with van der Waals surface area (Å²) in [5.41, 5.74) is 1.60. The molecule has 0 bridgehead atoms. The number of hydrogen-bond donors (Lipinski definition) is 2. The molecule has 0 aliphatic carbocycles. The van der Waals surface area contributed by atoms with E-state index in [1.807, 2.05) is 0 Å². The molecule has 0 aromatic heterocycles. The van der Waals surface area contributed by atoms with E-state index in [1.165, 1.54) is 18.8 Å². The third kappa shape index (κ3) is 6.21. The van der Waals surface area contributed by atoms with E-state index in [-0.39, 0.29) is 23.9 Å². The average molecular weight is 520 g/mol. The molecule has 4 rings (SSSR count). The maximum absolute atomic E-state index is 13.1. The van der Waals surface area contributed by atoms with Crippen molar-refractivity contribution in [1.29, 1.82) is 0 Å². The van der Waals surface area contributed by atoms with Crippen LogP contribution in [0.4, 0.5) is 5.69 Å². The van der Waals surface area contributed by atoms with Crippen molar-refractivity contribution < 1.29 is 19.2 Å². The number of rotatable bonds is 7. The van der Waals surface area contributed by atoms with Crippen molar-refractivity contribution >= 4 is 58.8 Å². The van der Waals surface area contributed by atoms with E-state index >= 15 is 0 Å². The van der Waals surface area contributed by atoms with Crippen LogP contribution in [0, 0.1) is 0 Å². The Labute approximate surface area is 217 Å². The van der Waals surface area contributed by atoms with Gasteiger partial charge in [-0.05, 0) is 60.2 Å². The van der Waals surface area contributed by atoms with Crippen LogP contribution in [0.1, 0.15) is 22.3 Å². The first kappa shape index (κ1) is 25.2. The molecule has 1 fully saturated rings. The van der Waals surface area contributed by atoms with E-state index in [2.05, 4.69) is 10.6 Å². The number of imide groups is 1. The highest BCUT2D eigenvalue weighted by atomic mass is 35.5. The van der Waals surface area contributed by atoms with Crippen molar-refractivity contribution in [2.45, 2.75) is 16.6 Å².